The van der Waals surface area contributed by atoms with Crippen LogP contribution in [0.4, 0.5) is 0 Å². The first-order valence-corrected chi connectivity index (χ1v) is 11.0. The number of nitrogens with one attached hydrogen (secondary N) is 1. The molecule has 6 nitrogen and oxygen atoms in total. The minimum atomic E-state index is -3.65. The quantitative estimate of drug-likeness (QED) is 0.645. The number of benzene rings is 1. The topological polar surface area (TPSA) is 69.7 Å². The predicted molar refractivity (Wildman–Crippen MR) is 104 cm³/mol. The van der Waals surface area contributed by atoms with Gasteiger partial charge in [-0.3, -0.25) is 4.79 Å². The van der Waals surface area contributed by atoms with Gasteiger partial charge in [-0.15, -0.1) is 0 Å². The Balaban J connectivity index is 2.03. The van der Waals surface area contributed by atoms with Crippen LogP contribution in [0.2, 0.25) is 5.02 Å². The van der Waals surface area contributed by atoms with Crippen LogP contribution in [0.25, 0.3) is 0 Å². The third-order valence-electron chi connectivity index (χ3n) is 4.71. The van der Waals surface area contributed by atoms with E-state index in [2.05, 4.69) is 24.1 Å². The molecule has 1 aliphatic heterocycles. The van der Waals surface area contributed by atoms with Crippen molar-refractivity contribution in [3.05, 3.63) is 28.8 Å². The number of carbonyl (C=O) groups excluding carboxylic acids is 1. The average molecular weight is 402 g/mol. The van der Waals surface area contributed by atoms with Gasteiger partial charge in [-0.1, -0.05) is 25.4 Å². The van der Waals surface area contributed by atoms with Crippen LogP contribution in [-0.4, -0.2) is 62.8 Å². The van der Waals surface area contributed by atoms with E-state index in [0.29, 0.717) is 25.2 Å². The van der Waals surface area contributed by atoms with Crippen LogP contribution in [0.3, 0.4) is 0 Å². The Hall–Kier alpha value is -1.15. The Morgan fingerprint density at radius 1 is 1.23 bits per heavy atom. The van der Waals surface area contributed by atoms with Crippen molar-refractivity contribution >= 4 is 27.5 Å². The minimum Gasteiger partial charge on any atom is -0.352 e. The van der Waals surface area contributed by atoms with Gasteiger partial charge in [0.05, 0.1) is 5.02 Å². The summed E-state index contributed by atoms with van der Waals surface area (Å²) in [6, 6.07) is 4.43. The maximum Gasteiger partial charge on any atom is 0.251 e. The Labute approximate surface area is 161 Å². The van der Waals surface area contributed by atoms with E-state index in [0.717, 1.165) is 38.9 Å². The van der Waals surface area contributed by atoms with E-state index >= 15 is 0 Å². The van der Waals surface area contributed by atoms with Crippen LogP contribution in [0.1, 0.15) is 43.5 Å². The molecule has 1 N–H and O–H groups in total. The first-order chi connectivity index (χ1) is 12.4. The van der Waals surface area contributed by atoms with Gasteiger partial charge in [0.25, 0.3) is 5.91 Å². The van der Waals surface area contributed by atoms with Gasteiger partial charge < -0.3 is 10.2 Å². The van der Waals surface area contributed by atoms with Gasteiger partial charge in [0.2, 0.25) is 10.0 Å². The number of carbonyl (C=O) groups is 1. The van der Waals surface area contributed by atoms with Gasteiger partial charge in [0.1, 0.15) is 4.90 Å². The van der Waals surface area contributed by atoms with Crippen molar-refractivity contribution in [3.63, 3.8) is 0 Å². The minimum absolute atomic E-state index is 0.0110. The van der Waals surface area contributed by atoms with E-state index in [1.807, 2.05) is 0 Å². The molecule has 0 aliphatic carbocycles. The lowest BCUT2D eigenvalue weighted by Crippen LogP contribution is -2.30. The molecular formula is C18H28ClN3O3S. The average Bonchev–Trinajstić information content (AvgIpc) is 3.17. The Bertz CT molecular complexity index is 714. The molecule has 26 heavy (non-hydrogen) atoms. The second-order valence-electron chi connectivity index (χ2n) is 6.39. The summed E-state index contributed by atoms with van der Waals surface area (Å²) in [7, 11) is -3.65. The van der Waals surface area contributed by atoms with Crippen LogP contribution in [0.5, 0.6) is 0 Å². The number of amides is 1. The maximum atomic E-state index is 12.7. The first-order valence-electron chi connectivity index (χ1n) is 9.20. The molecule has 2 rings (SSSR count). The summed E-state index contributed by atoms with van der Waals surface area (Å²) in [6.45, 7) is 8.66. The second kappa shape index (κ2) is 9.69. The molecule has 0 aromatic heterocycles. The molecule has 0 bridgehead atoms. The summed E-state index contributed by atoms with van der Waals surface area (Å²) in [4.78, 5) is 14.7. The van der Waals surface area contributed by atoms with Crippen molar-refractivity contribution in [2.45, 2.75) is 38.0 Å². The zero-order valence-electron chi connectivity index (χ0n) is 15.5. The molecule has 146 valence electrons. The SMILES string of the molecule is CCN(CC)CCCNC(=O)c1ccc(Cl)c(S(=O)(=O)N2CCCC2)c1. The molecule has 1 aromatic rings. The van der Waals surface area contributed by atoms with Crippen molar-refractivity contribution in [1.29, 1.82) is 0 Å². The van der Waals surface area contributed by atoms with E-state index in [1.54, 1.807) is 6.07 Å². The number of nitrogens with zero attached hydrogens (tertiary/aromatic N) is 2. The molecular weight excluding hydrogens is 374 g/mol. The van der Waals surface area contributed by atoms with Crippen LogP contribution < -0.4 is 5.32 Å². The predicted octanol–water partition coefficient (Wildman–Crippen LogP) is 2.59. The number of hydrogen-bond acceptors (Lipinski definition) is 4. The normalized spacial score (nSPS) is 15.5. The van der Waals surface area contributed by atoms with Gasteiger partial charge in [-0.2, -0.15) is 4.31 Å². The third-order valence-corrected chi connectivity index (χ3v) is 7.09. The number of hydrogen-bond donors (Lipinski definition) is 1. The summed E-state index contributed by atoms with van der Waals surface area (Å²) in [5.41, 5.74) is 0.315. The Morgan fingerprint density at radius 2 is 1.88 bits per heavy atom. The highest BCUT2D eigenvalue weighted by Gasteiger charge is 2.29. The molecule has 0 spiro atoms. The van der Waals surface area contributed by atoms with Crippen LogP contribution in [0.15, 0.2) is 23.1 Å². The fourth-order valence-corrected chi connectivity index (χ4v) is 5.07. The van der Waals surface area contributed by atoms with Crippen LogP contribution >= 0.6 is 11.6 Å². The van der Waals surface area contributed by atoms with Crippen molar-refractivity contribution in [1.82, 2.24) is 14.5 Å². The van der Waals surface area contributed by atoms with Gasteiger partial charge in [-0.25, -0.2) is 8.42 Å². The molecule has 0 unspecified atom stereocenters. The van der Waals surface area contributed by atoms with E-state index < -0.39 is 10.0 Å². The van der Waals surface area contributed by atoms with E-state index in [1.165, 1.54) is 16.4 Å². The zero-order chi connectivity index (χ0) is 19.2. The smallest absolute Gasteiger partial charge is 0.251 e. The van der Waals surface area contributed by atoms with Crippen molar-refractivity contribution in [3.8, 4) is 0 Å². The van der Waals surface area contributed by atoms with Gasteiger partial charge in [0, 0.05) is 25.2 Å². The molecule has 1 aliphatic rings. The maximum absolute atomic E-state index is 12.7. The molecule has 0 radical (unpaired) electrons. The van der Waals surface area contributed by atoms with Crippen molar-refractivity contribution in [2.24, 2.45) is 0 Å². The van der Waals surface area contributed by atoms with Crippen molar-refractivity contribution < 1.29 is 13.2 Å². The van der Waals surface area contributed by atoms with Crippen molar-refractivity contribution in [2.75, 3.05) is 39.3 Å². The third kappa shape index (κ3) is 5.19. The van der Waals surface area contributed by atoms with Gasteiger partial charge in [-0.05, 0) is 57.1 Å². The highest BCUT2D eigenvalue weighted by molar-refractivity contribution is 7.89. The van der Waals surface area contributed by atoms with Gasteiger partial charge >= 0.3 is 0 Å². The van der Waals surface area contributed by atoms with Crippen LogP contribution in [-0.2, 0) is 10.0 Å². The fourth-order valence-electron chi connectivity index (χ4n) is 3.06. The molecule has 0 saturated carbocycles. The Kier molecular flexibility index (Phi) is 7.88. The van der Waals surface area contributed by atoms with Crippen LogP contribution in [0, 0.1) is 0 Å². The molecule has 1 aromatic carbocycles. The zero-order valence-corrected chi connectivity index (χ0v) is 17.1. The standard InChI is InChI=1S/C18H28ClN3O3S/c1-3-21(4-2)11-7-10-20-18(23)15-8-9-16(19)17(14-15)26(24,25)22-12-5-6-13-22/h8-9,14H,3-7,10-13H2,1-2H3,(H,20,23). The monoisotopic (exact) mass is 401 g/mol. The lowest BCUT2D eigenvalue weighted by Gasteiger charge is -2.18. The van der Waals surface area contributed by atoms with E-state index in [4.69, 9.17) is 11.6 Å². The summed E-state index contributed by atoms with van der Waals surface area (Å²) in [5.74, 6) is -0.279. The molecule has 0 atom stereocenters. The largest absolute Gasteiger partial charge is 0.352 e. The molecule has 1 saturated heterocycles. The molecule has 8 heteroatoms. The highest BCUT2D eigenvalue weighted by Crippen LogP contribution is 2.28. The lowest BCUT2D eigenvalue weighted by molar-refractivity contribution is 0.0951. The second-order valence-corrected chi connectivity index (χ2v) is 8.71. The van der Waals surface area contributed by atoms with Gasteiger partial charge in [0.15, 0.2) is 0 Å². The first kappa shape index (κ1) is 21.2. The number of halogens is 1. The summed E-state index contributed by atoms with van der Waals surface area (Å²) < 4.78 is 26.9. The summed E-state index contributed by atoms with van der Waals surface area (Å²) in [5, 5.41) is 3.00. The number of rotatable bonds is 9. The molecule has 1 heterocycles. The Morgan fingerprint density at radius 3 is 2.50 bits per heavy atom. The summed E-state index contributed by atoms with van der Waals surface area (Å²) >= 11 is 6.11. The summed E-state index contributed by atoms with van der Waals surface area (Å²) in [6.07, 6.45) is 2.55. The number of sulfonamides is 1. The molecule has 1 fully saturated rings. The fraction of sp³-hybridized carbons (Fsp3) is 0.611. The lowest BCUT2D eigenvalue weighted by atomic mass is 10.2. The molecule has 1 amide bonds. The highest BCUT2D eigenvalue weighted by atomic mass is 35.5. The van der Waals surface area contributed by atoms with E-state index in [-0.39, 0.29) is 15.8 Å². The van der Waals surface area contributed by atoms with E-state index in [9.17, 15) is 13.2 Å².